The molecule has 0 aliphatic rings. The van der Waals surface area contributed by atoms with Crippen LogP contribution in [0.4, 0.5) is 0 Å². The van der Waals surface area contributed by atoms with Crippen molar-refractivity contribution in [3.05, 3.63) is 175 Å². The smallest absolute Gasteiger partial charge is 0.258 e. The molecule has 166 valence electrons. The molecule has 0 saturated carbocycles. The molecule has 0 aliphatic carbocycles. The van der Waals surface area contributed by atoms with Gasteiger partial charge in [0.05, 0.1) is 21.0 Å². The molecule has 34 heavy (non-hydrogen) atoms. The molecule has 4 aromatic rings. The van der Waals surface area contributed by atoms with Crippen LogP contribution in [0.5, 0.6) is 0 Å². The maximum Gasteiger partial charge on any atom is 0.355 e. The van der Waals surface area contributed by atoms with Gasteiger partial charge in [-0.2, -0.15) is 0 Å². The van der Waals surface area contributed by atoms with Gasteiger partial charge < -0.3 is 0 Å². The number of nitrogens with zero attached hydrogens (tertiary/aromatic N) is 2. The molecule has 0 radical (unpaired) electrons. The van der Waals surface area contributed by atoms with E-state index < -0.39 is 21.2 Å². The molecule has 6 nitrogen and oxygen atoms in total. The summed E-state index contributed by atoms with van der Waals surface area (Å²) in [7, 11) is 0. The van der Waals surface area contributed by atoms with Crippen LogP contribution in [-0.2, 0) is 0 Å². The Morgan fingerprint density at radius 1 is 0.412 bits per heavy atom. The molecule has 0 bridgehead atoms. The van der Waals surface area contributed by atoms with Gasteiger partial charge in [0.25, 0.3) is 0 Å². The quantitative estimate of drug-likeness (QED) is 0.184. The average molecular weight is 448 g/mol. The van der Waals surface area contributed by atoms with Crippen molar-refractivity contribution in [3.63, 3.8) is 0 Å². The van der Waals surface area contributed by atoms with E-state index in [1.807, 2.05) is 0 Å². The summed E-state index contributed by atoms with van der Waals surface area (Å²) >= 11 is 0. The second-order valence-electron chi connectivity index (χ2n) is 7.43. The molecule has 0 fully saturated rings. The molecule has 0 heterocycles. The lowest BCUT2D eigenvalue weighted by molar-refractivity contribution is -0.477. The SMILES string of the molecule is O=[N+]([O-])C(=C(c1ccccc1)c1ccccc1)C(=C(c1ccccc1)c1ccccc1)[N+](=O)[O-]. The van der Waals surface area contributed by atoms with Gasteiger partial charge in [0.15, 0.2) is 0 Å². The number of rotatable bonds is 7. The van der Waals surface area contributed by atoms with E-state index in [-0.39, 0.29) is 11.1 Å². The van der Waals surface area contributed by atoms with Crippen molar-refractivity contribution < 1.29 is 9.85 Å². The summed E-state index contributed by atoms with van der Waals surface area (Å²) in [6, 6.07) is 34.9. The standard InChI is InChI=1S/C28H20N2O4/c31-29(32)27(25(21-13-5-1-6-14-21)22-15-7-2-8-16-22)28(30(33)34)26(23-17-9-3-10-18-23)24-19-11-4-12-20-24/h1-20H. The van der Waals surface area contributed by atoms with Crippen LogP contribution in [0, 0.1) is 20.2 Å². The summed E-state index contributed by atoms with van der Waals surface area (Å²) in [6.45, 7) is 0. The van der Waals surface area contributed by atoms with Crippen molar-refractivity contribution in [1.82, 2.24) is 0 Å². The van der Waals surface area contributed by atoms with Crippen LogP contribution in [0.3, 0.4) is 0 Å². The number of nitro groups is 2. The minimum atomic E-state index is -0.653. The fourth-order valence-electron chi connectivity index (χ4n) is 3.89. The predicted molar refractivity (Wildman–Crippen MR) is 132 cm³/mol. The topological polar surface area (TPSA) is 86.3 Å². The highest BCUT2D eigenvalue weighted by atomic mass is 16.6. The van der Waals surface area contributed by atoms with E-state index in [0.717, 1.165) is 0 Å². The van der Waals surface area contributed by atoms with Crippen LogP contribution in [0.1, 0.15) is 22.3 Å². The van der Waals surface area contributed by atoms with Gasteiger partial charge in [0, 0.05) is 0 Å². The molecule has 0 saturated heterocycles. The summed E-state index contributed by atoms with van der Waals surface area (Å²) in [4.78, 5) is 23.9. The Bertz CT molecular complexity index is 1170. The molecule has 6 heteroatoms. The molecule has 0 N–H and O–H groups in total. The van der Waals surface area contributed by atoms with E-state index in [0.29, 0.717) is 22.3 Å². The van der Waals surface area contributed by atoms with Crippen LogP contribution < -0.4 is 0 Å². The molecular weight excluding hydrogens is 428 g/mol. The lowest BCUT2D eigenvalue weighted by Gasteiger charge is -2.13. The van der Waals surface area contributed by atoms with Gasteiger partial charge in [-0.3, -0.25) is 20.2 Å². The number of hydrogen-bond acceptors (Lipinski definition) is 4. The van der Waals surface area contributed by atoms with Gasteiger partial charge in [-0.25, -0.2) is 0 Å². The molecule has 0 spiro atoms. The zero-order chi connectivity index (χ0) is 23.9. The molecule has 4 rings (SSSR count). The maximum atomic E-state index is 12.6. The first kappa shape index (κ1) is 22.4. The molecule has 0 aromatic heterocycles. The highest BCUT2D eigenvalue weighted by Gasteiger charge is 2.38. The minimum Gasteiger partial charge on any atom is -0.258 e. The van der Waals surface area contributed by atoms with Crippen molar-refractivity contribution in [3.8, 4) is 0 Å². The van der Waals surface area contributed by atoms with Gasteiger partial charge in [0.2, 0.25) is 0 Å². The minimum absolute atomic E-state index is 0.183. The third kappa shape index (κ3) is 4.66. The van der Waals surface area contributed by atoms with Crippen molar-refractivity contribution >= 4 is 11.1 Å². The zero-order valence-electron chi connectivity index (χ0n) is 18.1. The van der Waals surface area contributed by atoms with Gasteiger partial charge in [0.1, 0.15) is 0 Å². The Balaban J connectivity index is 2.20. The average Bonchev–Trinajstić information content (AvgIpc) is 2.88. The van der Waals surface area contributed by atoms with Crippen LogP contribution in [0.25, 0.3) is 11.1 Å². The monoisotopic (exact) mass is 448 g/mol. The van der Waals surface area contributed by atoms with E-state index >= 15 is 0 Å². The van der Waals surface area contributed by atoms with Gasteiger partial charge in [-0.05, 0) is 22.3 Å². The summed E-state index contributed by atoms with van der Waals surface area (Å²) in [6.07, 6.45) is 0. The highest BCUT2D eigenvalue weighted by molar-refractivity contribution is 5.89. The molecule has 0 amide bonds. The van der Waals surface area contributed by atoms with Crippen molar-refractivity contribution in [1.29, 1.82) is 0 Å². The second kappa shape index (κ2) is 10.2. The Hall–Kier alpha value is -4.84. The Labute approximate surface area is 196 Å². The molecule has 0 unspecified atom stereocenters. The van der Waals surface area contributed by atoms with Gasteiger partial charge >= 0.3 is 11.4 Å². The van der Waals surface area contributed by atoms with Crippen LogP contribution in [0.2, 0.25) is 0 Å². The van der Waals surface area contributed by atoms with E-state index in [4.69, 9.17) is 0 Å². The first-order valence-electron chi connectivity index (χ1n) is 10.6. The Morgan fingerprint density at radius 3 is 0.794 bits per heavy atom. The van der Waals surface area contributed by atoms with Crippen LogP contribution in [0.15, 0.2) is 133 Å². The van der Waals surface area contributed by atoms with Crippen molar-refractivity contribution in [2.45, 2.75) is 0 Å². The molecule has 0 aliphatic heterocycles. The summed E-state index contributed by atoms with van der Waals surface area (Å²) in [5, 5.41) is 25.2. The molecule has 4 aromatic carbocycles. The van der Waals surface area contributed by atoms with E-state index in [1.165, 1.54) is 0 Å². The Kier molecular flexibility index (Phi) is 6.70. The summed E-state index contributed by atoms with van der Waals surface area (Å²) < 4.78 is 0. The summed E-state index contributed by atoms with van der Waals surface area (Å²) in [5.41, 5.74) is 1.29. The zero-order valence-corrected chi connectivity index (χ0v) is 18.1. The molecular formula is C28H20N2O4. The van der Waals surface area contributed by atoms with Crippen LogP contribution in [-0.4, -0.2) is 9.85 Å². The number of hydrogen-bond donors (Lipinski definition) is 0. The lowest BCUT2D eigenvalue weighted by atomic mass is 9.90. The Morgan fingerprint density at radius 2 is 0.618 bits per heavy atom. The van der Waals surface area contributed by atoms with E-state index in [9.17, 15) is 20.2 Å². The van der Waals surface area contributed by atoms with Crippen molar-refractivity contribution in [2.24, 2.45) is 0 Å². The van der Waals surface area contributed by atoms with E-state index in [2.05, 4.69) is 0 Å². The van der Waals surface area contributed by atoms with Crippen LogP contribution >= 0.6 is 0 Å². The first-order chi connectivity index (χ1) is 16.6. The molecule has 0 atom stereocenters. The highest BCUT2D eigenvalue weighted by Crippen LogP contribution is 2.37. The first-order valence-corrected chi connectivity index (χ1v) is 10.6. The number of benzene rings is 4. The summed E-state index contributed by atoms with van der Waals surface area (Å²) in [5.74, 6) is 0. The second-order valence-corrected chi connectivity index (χ2v) is 7.43. The normalized spacial score (nSPS) is 10.2. The van der Waals surface area contributed by atoms with Crippen molar-refractivity contribution in [2.75, 3.05) is 0 Å². The van der Waals surface area contributed by atoms with E-state index in [1.54, 1.807) is 121 Å². The van der Waals surface area contributed by atoms with Gasteiger partial charge in [-0.15, -0.1) is 0 Å². The largest absolute Gasteiger partial charge is 0.355 e. The maximum absolute atomic E-state index is 12.6. The van der Waals surface area contributed by atoms with Gasteiger partial charge in [-0.1, -0.05) is 121 Å². The third-order valence-electron chi connectivity index (χ3n) is 5.31. The fourth-order valence-corrected chi connectivity index (χ4v) is 3.89. The fraction of sp³-hybridized carbons (Fsp3) is 0. The predicted octanol–water partition coefficient (Wildman–Crippen LogP) is 6.46. The third-order valence-corrected chi connectivity index (χ3v) is 5.31. The lowest BCUT2D eigenvalue weighted by Crippen LogP contribution is -2.15.